The third-order valence-electron chi connectivity index (χ3n) is 3.32. The van der Waals surface area contributed by atoms with Crippen LogP contribution in [0.5, 0.6) is 0 Å². The second kappa shape index (κ2) is 6.10. The predicted octanol–water partition coefficient (Wildman–Crippen LogP) is 2.03. The molecule has 0 radical (unpaired) electrons. The Bertz CT molecular complexity index is 952. The molecule has 128 valence electrons. The minimum absolute atomic E-state index is 0.392. The van der Waals surface area contributed by atoms with Crippen LogP contribution < -0.4 is 0 Å². The third kappa shape index (κ3) is 3.70. The van der Waals surface area contributed by atoms with Gasteiger partial charge in [-0.15, -0.1) is 0 Å². The molecule has 0 bridgehead atoms. The van der Waals surface area contributed by atoms with E-state index in [0.717, 1.165) is 12.1 Å². The fourth-order valence-corrected chi connectivity index (χ4v) is 3.75. The number of hydrogen-bond acceptors (Lipinski definition) is 5. The summed E-state index contributed by atoms with van der Waals surface area (Å²) >= 11 is 0. The second-order valence-electron chi connectivity index (χ2n) is 5.28. The summed E-state index contributed by atoms with van der Waals surface area (Å²) in [5, 5.41) is 0. The summed E-state index contributed by atoms with van der Waals surface area (Å²) in [5.41, 5.74) is 0.185. The van der Waals surface area contributed by atoms with Crippen molar-refractivity contribution in [2.24, 2.45) is 0 Å². The first-order valence-corrected chi connectivity index (χ1v) is 9.50. The van der Waals surface area contributed by atoms with E-state index in [0.29, 0.717) is 11.1 Å². The molecule has 2 rings (SSSR count). The van der Waals surface area contributed by atoms with Gasteiger partial charge in [-0.3, -0.25) is 13.9 Å². The van der Waals surface area contributed by atoms with E-state index in [4.69, 9.17) is 0 Å². The van der Waals surface area contributed by atoms with Crippen LogP contribution >= 0.6 is 0 Å². The number of hydrogen-bond donors (Lipinski definition) is 2. The molecule has 2 aromatic rings. The van der Waals surface area contributed by atoms with Gasteiger partial charge in [0, 0.05) is 11.1 Å². The van der Waals surface area contributed by atoms with Crippen molar-refractivity contribution >= 4 is 26.0 Å². The average Bonchev–Trinajstić information content (AvgIpc) is 2.44. The molecule has 0 unspecified atom stereocenters. The molecule has 0 fully saturated rings. The van der Waals surface area contributed by atoms with Gasteiger partial charge >= 0.3 is 0 Å². The molecule has 0 amide bonds. The third-order valence-corrected chi connectivity index (χ3v) is 5.11. The van der Waals surface area contributed by atoms with Crippen LogP contribution in [-0.2, 0) is 20.2 Å². The number of benzene rings is 2. The molecule has 0 atom stereocenters. The van der Waals surface area contributed by atoms with Crippen molar-refractivity contribution < 1.29 is 30.7 Å². The largest absolute Gasteiger partial charge is 0.295 e. The monoisotopic (exact) mass is 370 g/mol. The van der Waals surface area contributed by atoms with E-state index < -0.39 is 46.9 Å². The summed E-state index contributed by atoms with van der Waals surface area (Å²) in [6.07, 6.45) is 0. The smallest absolute Gasteiger partial charge is 0.289 e. The number of rotatable bonds is 4. The Morgan fingerprint density at radius 3 is 1.38 bits per heavy atom. The van der Waals surface area contributed by atoms with Crippen LogP contribution in [0.2, 0.25) is 0 Å². The van der Waals surface area contributed by atoms with Crippen molar-refractivity contribution in [3.63, 3.8) is 0 Å². The fraction of sp³-hybridized carbons (Fsp3) is 0.133. The van der Waals surface area contributed by atoms with E-state index >= 15 is 0 Å². The van der Waals surface area contributed by atoms with Gasteiger partial charge in [0.2, 0.25) is 0 Å². The molecule has 2 aromatic carbocycles. The average molecular weight is 370 g/mol. The van der Waals surface area contributed by atoms with Gasteiger partial charge in [0.05, 0.1) is 0 Å². The molecular formula is C15H14O7S2. The van der Waals surface area contributed by atoms with Gasteiger partial charge in [0.25, 0.3) is 20.2 Å². The molecule has 0 spiro atoms. The van der Waals surface area contributed by atoms with Gasteiger partial charge in [0.1, 0.15) is 9.79 Å². The summed E-state index contributed by atoms with van der Waals surface area (Å²) in [7, 11) is -9.40. The second-order valence-corrected chi connectivity index (χ2v) is 8.06. The molecule has 0 saturated heterocycles. The van der Waals surface area contributed by atoms with Crippen molar-refractivity contribution in [3.05, 3.63) is 58.7 Å². The SMILES string of the molecule is Cc1ccc(C(=O)c2ccc(C)cc2S(=O)(=O)O)c(S(=O)(=O)O)c1. The van der Waals surface area contributed by atoms with E-state index in [1.165, 1.54) is 24.3 Å². The van der Waals surface area contributed by atoms with E-state index in [9.17, 15) is 30.7 Å². The standard InChI is InChI=1S/C15H14O7S2/c1-9-3-5-11(13(7-9)23(17,18)19)15(16)12-6-4-10(2)8-14(12)24(20,21)22/h3-8H,1-2H3,(H,17,18,19)(H,20,21,22). The highest BCUT2D eigenvalue weighted by molar-refractivity contribution is 7.86. The molecular weight excluding hydrogens is 356 g/mol. The van der Waals surface area contributed by atoms with Gasteiger partial charge in [-0.1, -0.05) is 12.1 Å². The van der Waals surface area contributed by atoms with Crippen LogP contribution in [0.15, 0.2) is 46.2 Å². The van der Waals surface area contributed by atoms with Gasteiger partial charge < -0.3 is 0 Å². The van der Waals surface area contributed by atoms with Crippen LogP contribution in [0, 0.1) is 13.8 Å². The Morgan fingerprint density at radius 2 is 1.08 bits per heavy atom. The lowest BCUT2D eigenvalue weighted by Gasteiger charge is -2.10. The number of ketones is 1. The Kier molecular flexibility index (Phi) is 4.64. The topological polar surface area (TPSA) is 126 Å². The lowest BCUT2D eigenvalue weighted by atomic mass is 10.0. The summed E-state index contributed by atoms with van der Waals surface area (Å²) in [6.45, 7) is 3.14. The molecule has 24 heavy (non-hydrogen) atoms. The zero-order valence-corrected chi connectivity index (χ0v) is 14.3. The van der Waals surface area contributed by atoms with E-state index in [2.05, 4.69) is 0 Å². The molecule has 0 aromatic heterocycles. The maximum Gasteiger partial charge on any atom is 0.295 e. The highest BCUT2D eigenvalue weighted by atomic mass is 32.2. The minimum atomic E-state index is -4.70. The molecule has 9 heteroatoms. The Labute approximate surface area is 139 Å². The molecule has 0 aliphatic carbocycles. The highest BCUT2D eigenvalue weighted by Gasteiger charge is 2.26. The summed E-state index contributed by atoms with van der Waals surface area (Å²) in [5.74, 6) is -0.949. The van der Waals surface area contributed by atoms with Crippen molar-refractivity contribution in [1.29, 1.82) is 0 Å². The lowest BCUT2D eigenvalue weighted by Crippen LogP contribution is -2.14. The first-order chi connectivity index (χ1) is 10.9. The zero-order valence-electron chi connectivity index (χ0n) is 12.7. The molecule has 7 nitrogen and oxygen atoms in total. The minimum Gasteiger partial charge on any atom is -0.289 e. The molecule has 0 heterocycles. The quantitative estimate of drug-likeness (QED) is 0.623. The Balaban J connectivity index is 2.77. The van der Waals surface area contributed by atoms with Gasteiger partial charge in [-0.25, -0.2) is 0 Å². The van der Waals surface area contributed by atoms with Crippen LogP contribution in [0.3, 0.4) is 0 Å². The van der Waals surface area contributed by atoms with Gasteiger partial charge in [0.15, 0.2) is 5.78 Å². The fourth-order valence-electron chi connectivity index (χ4n) is 2.21. The predicted molar refractivity (Wildman–Crippen MR) is 85.4 cm³/mol. The first kappa shape index (κ1) is 18.3. The van der Waals surface area contributed by atoms with Crippen LogP contribution in [0.25, 0.3) is 0 Å². The van der Waals surface area contributed by atoms with Crippen molar-refractivity contribution in [2.45, 2.75) is 23.6 Å². The molecule has 0 aliphatic heterocycles. The van der Waals surface area contributed by atoms with Crippen LogP contribution in [0.1, 0.15) is 27.0 Å². The van der Waals surface area contributed by atoms with Gasteiger partial charge in [-0.2, -0.15) is 16.8 Å². The lowest BCUT2D eigenvalue weighted by molar-refractivity contribution is 0.103. The van der Waals surface area contributed by atoms with Gasteiger partial charge in [-0.05, 0) is 49.2 Å². The maximum absolute atomic E-state index is 12.7. The van der Waals surface area contributed by atoms with Crippen LogP contribution in [0.4, 0.5) is 0 Å². The number of aryl methyl sites for hydroxylation is 2. The summed E-state index contributed by atoms with van der Waals surface area (Å²) in [4.78, 5) is 11.4. The highest BCUT2D eigenvalue weighted by Crippen LogP contribution is 2.25. The van der Waals surface area contributed by atoms with Crippen molar-refractivity contribution in [3.8, 4) is 0 Å². The van der Waals surface area contributed by atoms with Crippen LogP contribution in [-0.4, -0.2) is 31.7 Å². The molecule has 0 saturated carbocycles. The van der Waals surface area contributed by atoms with E-state index in [-0.39, 0.29) is 0 Å². The number of carbonyl (C=O) groups is 1. The molecule has 2 N–H and O–H groups in total. The summed E-state index contributed by atoms with van der Waals surface area (Å²) < 4.78 is 64.7. The Hall–Kier alpha value is -2.07. The first-order valence-electron chi connectivity index (χ1n) is 6.62. The van der Waals surface area contributed by atoms with E-state index in [1.54, 1.807) is 13.8 Å². The number of carbonyl (C=O) groups excluding carboxylic acids is 1. The maximum atomic E-state index is 12.7. The van der Waals surface area contributed by atoms with Crippen molar-refractivity contribution in [2.75, 3.05) is 0 Å². The Morgan fingerprint density at radius 1 is 0.750 bits per heavy atom. The zero-order chi connectivity index (χ0) is 18.3. The molecule has 0 aliphatic rings. The van der Waals surface area contributed by atoms with Crippen molar-refractivity contribution in [1.82, 2.24) is 0 Å². The summed E-state index contributed by atoms with van der Waals surface area (Å²) in [6, 6.07) is 7.45. The normalized spacial score (nSPS) is 12.2. The van der Waals surface area contributed by atoms with E-state index in [1.807, 2.05) is 0 Å².